The van der Waals surface area contributed by atoms with Gasteiger partial charge in [0.2, 0.25) is 0 Å². The number of rotatable bonds is 4. The number of carboxylic acid groups (broad SMARTS) is 1. The van der Waals surface area contributed by atoms with Crippen molar-refractivity contribution in [3.8, 4) is 0 Å². The second kappa shape index (κ2) is 6.70. The van der Waals surface area contributed by atoms with Crippen molar-refractivity contribution < 1.29 is 32.6 Å². The molecule has 1 aromatic rings. The molecule has 1 unspecified atom stereocenters. The van der Waals surface area contributed by atoms with Gasteiger partial charge in [0, 0.05) is 6.42 Å². The van der Waals surface area contributed by atoms with Gasteiger partial charge in [0.05, 0.1) is 5.56 Å². The first-order chi connectivity index (χ1) is 10.7. The van der Waals surface area contributed by atoms with Crippen LogP contribution in [-0.4, -0.2) is 28.3 Å². The van der Waals surface area contributed by atoms with E-state index in [0.717, 1.165) is 12.1 Å². The fraction of sp³-hybridized carbons (Fsp3) is 0.500. The minimum Gasteiger partial charge on any atom is -0.480 e. The first-order valence-corrected chi connectivity index (χ1v) is 7.14. The van der Waals surface area contributed by atoms with Crippen LogP contribution in [0.15, 0.2) is 24.3 Å². The molecule has 0 saturated heterocycles. The van der Waals surface area contributed by atoms with E-state index in [9.17, 15) is 27.9 Å². The van der Waals surface area contributed by atoms with Crippen LogP contribution in [0, 0.1) is 0 Å². The van der Waals surface area contributed by atoms with Gasteiger partial charge in [-0.1, -0.05) is 12.1 Å². The highest BCUT2D eigenvalue weighted by atomic mass is 19.4. The molecule has 2 N–H and O–H groups in total. The van der Waals surface area contributed by atoms with Gasteiger partial charge in [-0.25, -0.2) is 9.59 Å². The Bertz CT molecular complexity index is 605. The second-order valence-corrected chi connectivity index (χ2v) is 6.64. The molecular formula is C16H20F3NO4. The smallest absolute Gasteiger partial charge is 0.416 e. The van der Waals surface area contributed by atoms with E-state index in [-0.39, 0.29) is 6.42 Å². The summed E-state index contributed by atoms with van der Waals surface area (Å²) in [6.07, 6.45) is -5.58. The summed E-state index contributed by atoms with van der Waals surface area (Å²) >= 11 is 0. The molecule has 5 nitrogen and oxygen atoms in total. The number of halogens is 3. The Hall–Kier alpha value is -2.25. The molecule has 24 heavy (non-hydrogen) atoms. The lowest BCUT2D eigenvalue weighted by molar-refractivity contribution is -0.144. The summed E-state index contributed by atoms with van der Waals surface area (Å²) in [7, 11) is 0. The molecule has 8 heteroatoms. The average Bonchev–Trinajstić information content (AvgIpc) is 2.35. The quantitative estimate of drug-likeness (QED) is 0.872. The number of aliphatic carboxylic acids is 1. The van der Waals surface area contributed by atoms with Crippen molar-refractivity contribution in [2.24, 2.45) is 0 Å². The van der Waals surface area contributed by atoms with Crippen LogP contribution in [0.2, 0.25) is 0 Å². The first kappa shape index (κ1) is 19.8. The Labute approximate surface area is 137 Å². The van der Waals surface area contributed by atoms with Gasteiger partial charge in [-0.2, -0.15) is 13.2 Å². The third kappa shape index (κ3) is 5.75. The highest BCUT2D eigenvalue weighted by Crippen LogP contribution is 2.29. The number of benzene rings is 1. The number of alkyl halides is 3. The van der Waals surface area contributed by atoms with Crippen LogP contribution in [0.1, 0.15) is 38.8 Å². The van der Waals surface area contributed by atoms with Crippen molar-refractivity contribution >= 4 is 12.1 Å². The zero-order valence-corrected chi connectivity index (χ0v) is 13.8. The molecule has 134 valence electrons. The molecule has 1 amide bonds. The lowest BCUT2D eigenvalue weighted by Gasteiger charge is -2.28. The minimum atomic E-state index is -4.47. The lowest BCUT2D eigenvalue weighted by atomic mass is 9.92. The molecule has 0 radical (unpaired) electrons. The number of nitrogens with one attached hydrogen (secondary N) is 1. The van der Waals surface area contributed by atoms with E-state index in [1.807, 2.05) is 0 Å². The number of hydrogen-bond acceptors (Lipinski definition) is 3. The summed E-state index contributed by atoms with van der Waals surface area (Å²) in [5, 5.41) is 11.6. The predicted octanol–water partition coefficient (Wildman–Crippen LogP) is 3.62. The van der Waals surface area contributed by atoms with Crippen molar-refractivity contribution in [2.45, 2.75) is 51.4 Å². The molecule has 0 heterocycles. The van der Waals surface area contributed by atoms with Crippen LogP contribution in [0.4, 0.5) is 18.0 Å². The monoisotopic (exact) mass is 347 g/mol. The number of carbonyl (C=O) groups excluding carboxylic acids is 1. The number of alkyl carbamates (subject to hydrolysis) is 1. The van der Waals surface area contributed by atoms with Gasteiger partial charge in [0.25, 0.3) is 0 Å². The molecule has 0 spiro atoms. The zero-order valence-electron chi connectivity index (χ0n) is 13.8. The number of hydrogen-bond donors (Lipinski definition) is 2. The Morgan fingerprint density at radius 1 is 1.08 bits per heavy atom. The van der Waals surface area contributed by atoms with E-state index in [1.165, 1.54) is 19.1 Å². The van der Waals surface area contributed by atoms with Gasteiger partial charge in [0.1, 0.15) is 11.1 Å². The first-order valence-electron chi connectivity index (χ1n) is 7.14. The van der Waals surface area contributed by atoms with Crippen molar-refractivity contribution in [1.29, 1.82) is 0 Å². The van der Waals surface area contributed by atoms with Gasteiger partial charge in [-0.15, -0.1) is 0 Å². The molecular weight excluding hydrogens is 327 g/mol. The van der Waals surface area contributed by atoms with Crippen molar-refractivity contribution in [2.75, 3.05) is 0 Å². The molecule has 0 aliphatic heterocycles. The highest BCUT2D eigenvalue weighted by molar-refractivity contribution is 5.84. The summed E-state index contributed by atoms with van der Waals surface area (Å²) in [6, 6.07) is 4.09. The maximum atomic E-state index is 12.5. The van der Waals surface area contributed by atoms with E-state index < -0.39 is 34.9 Å². The third-order valence-corrected chi connectivity index (χ3v) is 3.09. The molecule has 0 aromatic heterocycles. The second-order valence-electron chi connectivity index (χ2n) is 6.64. The minimum absolute atomic E-state index is 0.195. The molecule has 0 fully saturated rings. The van der Waals surface area contributed by atoms with Crippen LogP contribution in [0.5, 0.6) is 0 Å². The Morgan fingerprint density at radius 3 is 1.96 bits per heavy atom. The topological polar surface area (TPSA) is 75.6 Å². The van der Waals surface area contributed by atoms with Gasteiger partial charge in [-0.3, -0.25) is 0 Å². The molecule has 1 atom stereocenters. The molecule has 1 aromatic carbocycles. The van der Waals surface area contributed by atoms with Crippen LogP contribution in [-0.2, 0) is 22.1 Å². The fourth-order valence-corrected chi connectivity index (χ4v) is 1.92. The Morgan fingerprint density at radius 2 is 1.58 bits per heavy atom. The standard InChI is InChI=1S/C16H20F3NO4/c1-14(2,3)24-13(23)20-15(4,12(21)22)9-10-5-7-11(8-6-10)16(17,18)19/h5-8H,9H2,1-4H3,(H,20,23)(H,21,22). The van der Waals surface area contributed by atoms with Crippen LogP contribution >= 0.6 is 0 Å². The average molecular weight is 347 g/mol. The van der Waals surface area contributed by atoms with Gasteiger partial charge < -0.3 is 15.2 Å². The number of ether oxygens (including phenoxy) is 1. The third-order valence-electron chi connectivity index (χ3n) is 3.09. The maximum Gasteiger partial charge on any atom is 0.416 e. The van der Waals surface area contributed by atoms with E-state index in [1.54, 1.807) is 20.8 Å². The highest BCUT2D eigenvalue weighted by Gasteiger charge is 2.37. The Kier molecular flexibility index (Phi) is 5.53. The predicted molar refractivity (Wildman–Crippen MR) is 80.6 cm³/mol. The van der Waals surface area contributed by atoms with Crippen molar-refractivity contribution in [3.63, 3.8) is 0 Å². The van der Waals surface area contributed by atoms with Gasteiger partial charge in [-0.05, 0) is 45.4 Å². The normalized spacial score (nSPS) is 14.6. The van der Waals surface area contributed by atoms with Crippen LogP contribution < -0.4 is 5.32 Å². The van der Waals surface area contributed by atoms with Crippen LogP contribution in [0.3, 0.4) is 0 Å². The molecule has 0 saturated carbocycles. The lowest BCUT2D eigenvalue weighted by Crippen LogP contribution is -2.54. The van der Waals surface area contributed by atoms with Gasteiger partial charge >= 0.3 is 18.2 Å². The summed E-state index contributed by atoms with van der Waals surface area (Å²) in [6.45, 7) is 6.14. The van der Waals surface area contributed by atoms with Crippen molar-refractivity contribution in [3.05, 3.63) is 35.4 Å². The van der Waals surface area contributed by atoms with Gasteiger partial charge in [0.15, 0.2) is 0 Å². The number of carbonyl (C=O) groups is 2. The summed E-state index contributed by atoms with van der Waals surface area (Å²) in [5.41, 5.74) is -3.02. The van der Waals surface area contributed by atoms with E-state index in [0.29, 0.717) is 5.56 Å². The summed E-state index contributed by atoms with van der Waals surface area (Å²) in [5.74, 6) is -1.33. The molecule has 0 bridgehead atoms. The van der Waals surface area contributed by atoms with Crippen LogP contribution in [0.25, 0.3) is 0 Å². The van der Waals surface area contributed by atoms with E-state index in [2.05, 4.69) is 5.32 Å². The van der Waals surface area contributed by atoms with E-state index in [4.69, 9.17) is 4.74 Å². The van der Waals surface area contributed by atoms with E-state index >= 15 is 0 Å². The summed E-state index contributed by atoms with van der Waals surface area (Å²) < 4.78 is 42.7. The Balaban J connectivity index is 2.92. The van der Waals surface area contributed by atoms with Crippen molar-refractivity contribution in [1.82, 2.24) is 5.32 Å². The fourth-order valence-electron chi connectivity index (χ4n) is 1.92. The molecule has 0 aliphatic rings. The zero-order chi connectivity index (χ0) is 18.8. The maximum absolute atomic E-state index is 12.5. The summed E-state index contributed by atoms with van der Waals surface area (Å²) in [4.78, 5) is 23.3. The number of amides is 1. The number of carboxylic acids is 1. The molecule has 1 rings (SSSR count). The largest absolute Gasteiger partial charge is 0.480 e. The SMILES string of the molecule is CC(C)(C)OC(=O)NC(C)(Cc1ccc(C(F)(F)F)cc1)C(=O)O. The molecule has 0 aliphatic carbocycles.